The van der Waals surface area contributed by atoms with Crippen LogP contribution in [0, 0.1) is 0 Å². The summed E-state index contributed by atoms with van der Waals surface area (Å²) in [4.78, 5) is 15.4. The summed E-state index contributed by atoms with van der Waals surface area (Å²) in [5.41, 5.74) is 7.56. The smallest absolute Gasteiger partial charge is 0.164 e. The van der Waals surface area contributed by atoms with Crippen LogP contribution in [0.5, 0.6) is 5.75 Å². The zero-order valence-electron chi connectivity index (χ0n) is 30.1. The second-order valence-electron chi connectivity index (χ2n) is 14.6. The van der Waals surface area contributed by atoms with Crippen molar-refractivity contribution in [3.63, 3.8) is 0 Å². The third-order valence-corrected chi connectivity index (χ3v) is 11.4. The fourth-order valence-electron chi connectivity index (χ4n) is 8.81. The van der Waals surface area contributed by atoms with Crippen molar-refractivity contribution in [1.82, 2.24) is 15.0 Å². The SMILES string of the molecule is C1=CC2Oc3cc(-c4nc(-c5ccccc5)nc(-c5cc(-c6ccc7c8ccccc8c8ccccc8c7c6)c6c(c5)oc5ccccc56)n4)ccc3C2C=C1. The maximum Gasteiger partial charge on any atom is 0.164 e. The minimum Gasteiger partial charge on any atom is -0.485 e. The van der Waals surface area contributed by atoms with E-state index in [0.717, 1.165) is 55.5 Å². The molecule has 2 aromatic heterocycles. The molecule has 5 nitrogen and oxygen atoms in total. The standard InChI is InChI=1S/C51H31N3O2/c1-2-12-30(13-3-1)49-52-50(32-23-25-40-39-18-8-10-20-44(39)55-46(40)28-32)54-51(53-49)33-27-42(48-41-19-9-11-21-45(41)56-47(48)29-33)31-22-24-38-36-16-5-4-14-34(36)35-15-6-7-17-37(35)43(38)26-31/h1-29,39,44H. The third-order valence-electron chi connectivity index (χ3n) is 11.4. The summed E-state index contributed by atoms with van der Waals surface area (Å²) >= 11 is 0. The van der Waals surface area contributed by atoms with Crippen LogP contribution in [0.25, 0.3) is 99.5 Å². The highest BCUT2D eigenvalue weighted by Gasteiger charge is 2.32. The van der Waals surface area contributed by atoms with Gasteiger partial charge in [0.15, 0.2) is 17.5 Å². The summed E-state index contributed by atoms with van der Waals surface area (Å²) in [6, 6.07) is 53.2. The van der Waals surface area contributed by atoms with Gasteiger partial charge in [0, 0.05) is 38.9 Å². The van der Waals surface area contributed by atoms with Gasteiger partial charge in [-0.3, -0.25) is 0 Å². The van der Waals surface area contributed by atoms with Crippen molar-refractivity contribution < 1.29 is 9.15 Å². The number of benzene rings is 8. The summed E-state index contributed by atoms with van der Waals surface area (Å²) in [5, 5.41) is 9.55. The summed E-state index contributed by atoms with van der Waals surface area (Å²) < 4.78 is 13.0. The monoisotopic (exact) mass is 717 g/mol. The molecule has 1 aliphatic heterocycles. The van der Waals surface area contributed by atoms with E-state index in [9.17, 15) is 0 Å². The van der Waals surface area contributed by atoms with E-state index in [1.54, 1.807) is 0 Å². The van der Waals surface area contributed by atoms with Gasteiger partial charge in [-0.15, -0.1) is 0 Å². The number of aromatic nitrogens is 3. The van der Waals surface area contributed by atoms with Crippen molar-refractivity contribution in [2.24, 2.45) is 0 Å². The molecule has 0 saturated heterocycles. The Hall–Kier alpha value is -7.37. The predicted molar refractivity (Wildman–Crippen MR) is 227 cm³/mol. The summed E-state index contributed by atoms with van der Waals surface area (Å²) in [6.07, 6.45) is 8.46. The second-order valence-corrected chi connectivity index (χ2v) is 14.6. The van der Waals surface area contributed by atoms with Crippen LogP contribution in [0.2, 0.25) is 0 Å². The first-order chi connectivity index (χ1) is 27.7. The van der Waals surface area contributed by atoms with E-state index in [2.05, 4.69) is 127 Å². The molecule has 10 aromatic rings. The molecule has 0 radical (unpaired) electrons. The van der Waals surface area contributed by atoms with E-state index in [1.165, 1.54) is 37.9 Å². The van der Waals surface area contributed by atoms with Crippen LogP contribution in [-0.4, -0.2) is 21.1 Å². The minimum absolute atomic E-state index is 0.000163. The minimum atomic E-state index is -0.000163. The van der Waals surface area contributed by atoms with E-state index in [0.29, 0.717) is 17.5 Å². The van der Waals surface area contributed by atoms with Crippen LogP contribution in [0.3, 0.4) is 0 Å². The Balaban J connectivity index is 1.09. The van der Waals surface area contributed by atoms with E-state index < -0.39 is 0 Å². The van der Waals surface area contributed by atoms with Gasteiger partial charge in [0.05, 0.1) is 0 Å². The van der Waals surface area contributed by atoms with Gasteiger partial charge in [-0.2, -0.15) is 0 Å². The van der Waals surface area contributed by atoms with Gasteiger partial charge < -0.3 is 9.15 Å². The molecule has 0 bridgehead atoms. The molecule has 0 fully saturated rings. The predicted octanol–water partition coefficient (Wildman–Crippen LogP) is 12.9. The number of para-hydroxylation sites is 1. The molecule has 3 heterocycles. The van der Waals surface area contributed by atoms with Crippen LogP contribution < -0.4 is 4.74 Å². The number of fused-ring (bicyclic) bond motifs is 12. The molecule has 2 atom stereocenters. The topological polar surface area (TPSA) is 61.0 Å². The van der Waals surface area contributed by atoms with Gasteiger partial charge in [-0.25, -0.2) is 15.0 Å². The maximum atomic E-state index is 6.62. The number of rotatable bonds is 4. The lowest BCUT2D eigenvalue weighted by Gasteiger charge is -2.14. The molecule has 2 unspecified atom stereocenters. The number of furan rings is 1. The Morgan fingerprint density at radius 3 is 1.79 bits per heavy atom. The molecule has 56 heavy (non-hydrogen) atoms. The summed E-state index contributed by atoms with van der Waals surface area (Å²) in [7, 11) is 0. The second kappa shape index (κ2) is 12.1. The number of ether oxygens (including phenoxy) is 1. The summed E-state index contributed by atoms with van der Waals surface area (Å²) in [6.45, 7) is 0. The first-order valence-electron chi connectivity index (χ1n) is 19.0. The lowest BCUT2D eigenvalue weighted by molar-refractivity contribution is 0.269. The van der Waals surface area contributed by atoms with E-state index >= 15 is 0 Å². The van der Waals surface area contributed by atoms with Crippen molar-refractivity contribution in [1.29, 1.82) is 0 Å². The summed E-state index contributed by atoms with van der Waals surface area (Å²) in [5.74, 6) is 2.81. The number of hydrogen-bond donors (Lipinski definition) is 0. The average Bonchev–Trinajstić information content (AvgIpc) is 3.84. The Morgan fingerprint density at radius 2 is 1.02 bits per heavy atom. The van der Waals surface area contributed by atoms with E-state index in [4.69, 9.17) is 24.1 Å². The molecule has 2 aliphatic rings. The molecule has 1 aliphatic carbocycles. The van der Waals surface area contributed by atoms with Crippen molar-refractivity contribution in [2.75, 3.05) is 0 Å². The molecule has 0 spiro atoms. The zero-order chi connectivity index (χ0) is 36.7. The Bertz CT molecular complexity index is 3270. The molecule has 0 N–H and O–H groups in total. The van der Waals surface area contributed by atoms with Crippen molar-refractivity contribution >= 4 is 54.3 Å². The lowest BCUT2D eigenvalue weighted by atomic mass is 9.90. The first-order valence-corrected chi connectivity index (χ1v) is 19.0. The normalized spacial score (nSPS) is 15.9. The number of allylic oxidation sites excluding steroid dienone is 2. The van der Waals surface area contributed by atoms with Crippen LogP contribution in [0.1, 0.15) is 11.5 Å². The van der Waals surface area contributed by atoms with Crippen molar-refractivity contribution in [2.45, 2.75) is 12.0 Å². The van der Waals surface area contributed by atoms with Gasteiger partial charge in [0.25, 0.3) is 0 Å². The van der Waals surface area contributed by atoms with Crippen molar-refractivity contribution in [3.8, 4) is 51.0 Å². The van der Waals surface area contributed by atoms with E-state index in [1.807, 2.05) is 48.5 Å². The number of nitrogens with zero attached hydrogens (tertiary/aromatic N) is 3. The fourth-order valence-corrected chi connectivity index (χ4v) is 8.81. The molecule has 262 valence electrons. The molecule has 8 aromatic carbocycles. The molecule has 12 rings (SSSR count). The fraction of sp³-hybridized carbons (Fsp3) is 0.0392. The molecule has 0 saturated carbocycles. The quantitative estimate of drug-likeness (QED) is 0.170. The third kappa shape index (κ3) is 4.77. The highest BCUT2D eigenvalue weighted by Crippen LogP contribution is 2.45. The molecule has 5 heteroatoms. The highest BCUT2D eigenvalue weighted by molar-refractivity contribution is 6.26. The van der Waals surface area contributed by atoms with Gasteiger partial charge in [-0.1, -0.05) is 140 Å². The van der Waals surface area contributed by atoms with Gasteiger partial charge in [0.2, 0.25) is 0 Å². The van der Waals surface area contributed by atoms with Crippen LogP contribution >= 0.6 is 0 Å². The maximum absolute atomic E-state index is 6.62. The first kappa shape index (κ1) is 31.0. The highest BCUT2D eigenvalue weighted by atomic mass is 16.5. The van der Waals surface area contributed by atoms with E-state index in [-0.39, 0.29) is 12.0 Å². The Labute approximate surface area is 321 Å². The average molecular weight is 718 g/mol. The lowest BCUT2D eigenvalue weighted by Crippen LogP contribution is -2.15. The zero-order valence-corrected chi connectivity index (χ0v) is 30.1. The van der Waals surface area contributed by atoms with Crippen LogP contribution in [-0.2, 0) is 0 Å². The van der Waals surface area contributed by atoms with Crippen LogP contribution in [0.4, 0.5) is 0 Å². The molecule has 0 amide bonds. The van der Waals surface area contributed by atoms with Crippen LogP contribution in [0.15, 0.2) is 180 Å². The largest absolute Gasteiger partial charge is 0.485 e. The molecular weight excluding hydrogens is 687 g/mol. The van der Waals surface area contributed by atoms with Gasteiger partial charge in [-0.05, 0) is 79.9 Å². The van der Waals surface area contributed by atoms with Gasteiger partial charge >= 0.3 is 0 Å². The number of hydrogen-bond acceptors (Lipinski definition) is 5. The van der Waals surface area contributed by atoms with Crippen molar-refractivity contribution in [3.05, 3.63) is 182 Å². The van der Waals surface area contributed by atoms with Gasteiger partial charge in [0.1, 0.15) is 23.0 Å². The Kier molecular flexibility index (Phi) is 6.69. The Morgan fingerprint density at radius 1 is 0.411 bits per heavy atom. The molecular formula is C51H31N3O2.